The summed E-state index contributed by atoms with van der Waals surface area (Å²) in [6.07, 6.45) is 4.24. The third-order valence-corrected chi connectivity index (χ3v) is 1.03. The van der Waals surface area contributed by atoms with Crippen molar-refractivity contribution in [3.8, 4) is 12.3 Å². The van der Waals surface area contributed by atoms with E-state index in [2.05, 4.69) is 0 Å². The summed E-state index contributed by atoms with van der Waals surface area (Å²) in [6, 6.07) is -0.904. The van der Waals surface area contributed by atoms with Gasteiger partial charge in [-0.25, -0.2) is 8.78 Å². The highest BCUT2D eigenvalue weighted by molar-refractivity contribution is 5.85. The Hall–Kier alpha value is -0.370. The lowest BCUT2D eigenvalue weighted by molar-refractivity contribution is 0.000149. The molecule has 0 aliphatic rings. The molecule has 66 valence electrons. The van der Waals surface area contributed by atoms with Gasteiger partial charge < -0.3 is 11.5 Å². The van der Waals surface area contributed by atoms with Crippen LogP contribution in [-0.4, -0.2) is 18.5 Å². The molecule has 0 aromatic heterocycles. The van der Waals surface area contributed by atoms with E-state index in [0.29, 0.717) is 0 Å². The third kappa shape index (κ3) is 6.05. The summed E-state index contributed by atoms with van der Waals surface area (Å²) in [4.78, 5) is 0. The second-order valence-corrected chi connectivity index (χ2v) is 2.04. The van der Waals surface area contributed by atoms with Crippen molar-refractivity contribution in [2.45, 2.75) is 18.4 Å². The Morgan fingerprint density at radius 3 is 2.27 bits per heavy atom. The highest BCUT2D eigenvalue weighted by Crippen LogP contribution is 2.16. The van der Waals surface area contributed by atoms with Gasteiger partial charge in [-0.3, -0.25) is 0 Å². The van der Waals surface area contributed by atoms with Gasteiger partial charge in [0.05, 0.1) is 12.6 Å². The van der Waals surface area contributed by atoms with Crippen LogP contribution < -0.4 is 11.5 Å². The van der Waals surface area contributed by atoms with Gasteiger partial charge in [0.1, 0.15) is 0 Å². The fourth-order valence-corrected chi connectivity index (χ4v) is 0.464. The lowest BCUT2D eigenvalue weighted by Gasteiger charge is -2.14. The first-order valence-electron chi connectivity index (χ1n) is 2.81. The summed E-state index contributed by atoms with van der Waals surface area (Å²) in [7, 11) is 0. The molecule has 0 amide bonds. The molecular weight excluding hydrogens is 174 g/mol. The standard InChI is InChI=1S/C6H10F2N2.ClH/c1-2-5(10)3-6(7,8)4-9;/h1,5H,3-4,9-10H2;1H. The molecule has 0 spiro atoms. The van der Waals surface area contributed by atoms with Crippen molar-refractivity contribution >= 4 is 12.4 Å². The molecule has 0 saturated carbocycles. The zero-order valence-electron chi connectivity index (χ0n) is 5.89. The van der Waals surface area contributed by atoms with Crippen molar-refractivity contribution in [1.82, 2.24) is 0 Å². The third-order valence-electron chi connectivity index (χ3n) is 1.03. The molecule has 0 bridgehead atoms. The Balaban J connectivity index is 0. The average Bonchev–Trinajstić information content (AvgIpc) is 1.87. The van der Waals surface area contributed by atoms with Crippen LogP contribution in [0.2, 0.25) is 0 Å². The molecule has 5 heteroatoms. The maximum absolute atomic E-state index is 12.3. The number of terminal acetylenes is 1. The van der Waals surface area contributed by atoms with Crippen LogP contribution in [0.3, 0.4) is 0 Å². The van der Waals surface area contributed by atoms with Crippen molar-refractivity contribution in [2.24, 2.45) is 11.5 Å². The fraction of sp³-hybridized carbons (Fsp3) is 0.667. The van der Waals surface area contributed by atoms with Gasteiger partial charge >= 0.3 is 0 Å². The Morgan fingerprint density at radius 1 is 1.55 bits per heavy atom. The number of nitrogens with two attached hydrogens (primary N) is 2. The predicted molar refractivity (Wildman–Crippen MR) is 42.7 cm³/mol. The Labute approximate surface area is 70.7 Å². The van der Waals surface area contributed by atoms with E-state index in [9.17, 15) is 8.78 Å². The molecule has 0 aliphatic heterocycles. The smallest absolute Gasteiger partial charge is 0.262 e. The Morgan fingerprint density at radius 2 is 2.00 bits per heavy atom. The molecule has 1 atom stereocenters. The molecule has 0 aromatic rings. The molecule has 0 aliphatic carbocycles. The van der Waals surface area contributed by atoms with Crippen molar-refractivity contribution < 1.29 is 8.78 Å². The minimum atomic E-state index is -2.92. The second-order valence-electron chi connectivity index (χ2n) is 2.04. The first-order chi connectivity index (χ1) is 4.52. The molecule has 0 fully saturated rings. The average molecular weight is 185 g/mol. The molecule has 0 heterocycles. The lowest BCUT2D eigenvalue weighted by Crippen LogP contribution is -2.35. The van der Waals surface area contributed by atoms with Crippen LogP contribution in [0.15, 0.2) is 0 Å². The summed E-state index contributed by atoms with van der Waals surface area (Å²) in [5, 5.41) is 0. The molecule has 4 N–H and O–H groups in total. The van der Waals surface area contributed by atoms with Crippen LogP contribution in [0.4, 0.5) is 8.78 Å². The van der Waals surface area contributed by atoms with E-state index >= 15 is 0 Å². The van der Waals surface area contributed by atoms with Gasteiger partial charge in [0.15, 0.2) is 0 Å². The molecule has 1 unspecified atom stereocenters. The summed E-state index contributed by atoms with van der Waals surface area (Å²) >= 11 is 0. The summed E-state index contributed by atoms with van der Waals surface area (Å²) in [6.45, 7) is -0.706. The Bertz CT molecular complexity index is 144. The molecular formula is C6H11ClF2N2. The zero-order valence-corrected chi connectivity index (χ0v) is 6.70. The van der Waals surface area contributed by atoms with Gasteiger partial charge in [-0.2, -0.15) is 0 Å². The van der Waals surface area contributed by atoms with Crippen LogP contribution in [0.1, 0.15) is 6.42 Å². The van der Waals surface area contributed by atoms with Crippen molar-refractivity contribution in [3.63, 3.8) is 0 Å². The fourth-order valence-electron chi connectivity index (χ4n) is 0.464. The van der Waals surface area contributed by atoms with E-state index in [-0.39, 0.29) is 12.4 Å². The normalized spacial score (nSPS) is 13.0. The largest absolute Gasteiger partial charge is 0.325 e. The maximum atomic E-state index is 12.3. The Kier molecular flexibility index (Phi) is 6.38. The molecule has 0 saturated heterocycles. The highest BCUT2D eigenvalue weighted by Gasteiger charge is 2.28. The molecule has 0 aromatic carbocycles. The number of hydrogen-bond donors (Lipinski definition) is 2. The van der Waals surface area contributed by atoms with Gasteiger partial charge in [0, 0.05) is 6.42 Å². The minimum Gasteiger partial charge on any atom is -0.325 e. The molecule has 11 heavy (non-hydrogen) atoms. The monoisotopic (exact) mass is 184 g/mol. The molecule has 0 radical (unpaired) electrons. The van der Waals surface area contributed by atoms with Crippen LogP contribution in [0.5, 0.6) is 0 Å². The summed E-state index contributed by atoms with van der Waals surface area (Å²) < 4.78 is 24.6. The van der Waals surface area contributed by atoms with Crippen molar-refractivity contribution in [1.29, 1.82) is 0 Å². The minimum absolute atomic E-state index is 0. The van der Waals surface area contributed by atoms with E-state index < -0.39 is 24.9 Å². The van der Waals surface area contributed by atoms with Gasteiger partial charge in [-0.1, -0.05) is 5.92 Å². The number of halogens is 3. The van der Waals surface area contributed by atoms with Crippen LogP contribution >= 0.6 is 12.4 Å². The topological polar surface area (TPSA) is 52.0 Å². The van der Waals surface area contributed by atoms with Crippen molar-refractivity contribution in [2.75, 3.05) is 6.54 Å². The first kappa shape index (κ1) is 13.2. The van der Waals surface area contributed by atoms with Crippen LogP contribution in [-0.2, 0) is 0 Å². The van der Waals surface area contributed by atoms with E-state index in [1.165, 1.54) is 0 Å². The quantitative estimate of drug-likeness (QED) is 0.622. The van der Waals surface area contributed by atoms with Crippen molar-refractivity contribution in [3.05, 3.63) is 0 Å². The number of rotatable bonds is 3. The molecule has 0 rings (SSSR count). The van der Waals surface area contributed by atoms with E-state index in [0.717, 1.165) is 0 Å². The van der Waals surface area contributed by atoms with E-state index in [1.54, 1.807) is 0 Å². The van der Waals surface area contributed by atoms with Crippen LogP contribution in [0.25, 0.3) is 0 Å². The van der Waals surface area contributed by atoms with E-state index in [1.807, 2.05) is 5.92 Å². The van der Waals surface area contributed by atoms with Gasteiger partial charge in [-0.15, -0.1) is 18.8 Å². The van der Waals surface area contributed by atoms with Gasteiger partial charge in [-0.05, 0) is 0 Å². The number of alkyl halides is 2. The predicted octanol–water partition coefficient (Wildman–Crippen LogP) is 0.353. The summed E-state index contributed by atoms with van der Waals surface area (Å²) in [5.74, 6) is -0.927. The lowest BCUT2D eigenvalue weighted by atomic mass is 10.1. The second kappa shape index (κ2) is 5.30. The van der Waals surface area contributed by atoms with Gasteiger partial charge in [0.25, 0.3) is 5.92 Å². The SMILES string of the molecule is C#CC(N)CC(F)(F)CN.Cl. The zero-order chi connectivity index (χ0) is 8.20. The first-order valence-corrected chi connectivity index (χ1v) is 2.81. The maximum Gasteiger partial charge on any atom is 0.262 e. The van der Waals surface area contributed by atoms with Crippen LogP contribution in [0, 0.1) is 12.3 Å². The summed E-state index contributed by atoms with van der Waals surface area (Å²) in [5.41, 5.74) is 9.80. The molecule has 2 nitrogen and oxygen atoms in total. The highest BCUT2D eigenvalue weighted by atomic mass is 35.5. The number of hydrogen-bond acceptors (Lipinski definition) is 2. The van der Waals surface area contributed by atoms with Gasteiger partial charge in [0.2, 0.25) is 0 Å². The van der Waals surface area contributed by atoms with E-state index in [4.69, 9.17) is 17.9 Å².